The molecule has 0 radical (unpaired) electrons. The van der Waals surface area contributed by atoms with E-state index in [1.54, 1.807) is 0 Å². The van der Waals surface area contributed by atoms with Crippen molar-refractivity contribution in [2.75, 3.05) is 0 Å². The van der Waals surface area contributed by atoms with E-state index >= 15 is 0 Å². The van der Waals surface area contributed by atoms with Crippen molar-refractivity contribution in [3.8, 4) is 138 Å². The molecule has 0 spiro atoms. The Bertz CT molecular complexity index is 9340. The van der Waals surface area contributed by atoms with Gasteiger partial charge in [0.1, 0.15) is 0 Å². The Kier molecular flexibility index (Phi) is 20.2. The maximum atomic E-state index is 10.5. The SMILES string of the molecule is N#Cc1cc(-n2c3ccccc3c3c4c(ccc32)sc2ccccc24)ccc1-c1nc(-c2ccccc2)nc(-c2ccccc2)n1.N#Cc1cc(-n2c3ccccc3c3c4sc5ccccc5c4ccc32)ccc1-c1nc(-c2ccccc2)nc(-c2ccccc2)n1.N#Cc1cc(-n2c3ccccc3c3cc4sc5ccccc5c4cc32)ccc1-c1nc(-c2ccccc2)nc(-c2ccccc2)n1. The predicted octanol–water partition coefficient (Wildman–Crippen LogP) is 30.6. The van der Waals surface area contributed by atoms with Crippen molar-refractivity contribution in [3.05, 3.63) is 435 Å². The average molecular weight is 1820 g/mol. The van der Waals surface area contributed by atoms with E-state index in [1.807, 2.05) is 252 Å². The molecule has 0 amide bonds. The van der Waals surface area contributed by atoms with Crippen LogP contribution in [-0.4, -0.2) is 58.6 Å². The smallest absolute Gasteiger partial charge is 0.165 e. The van der Waals surface area contributed by atoms with Gasteiger partial charge in [-0.2, -0.15) is 15.8 Å². The minimum absolute atomic E-state index is 0.462. The summed E-state index contributed by atoms with van der Waals surface area (Å²) in [5.74, 6) is 4.76. The van der Waals surface area contributed by atoms with Crippen LogP contribution in [0.2, 0.25) is 0 Å². The first-order valence-electron chi connectivity index (χ1n) is 45.1. The summed E-state index contributed by atoms with van der Waals surface area (Å²) in [4.78, 5) is 43.7. The number of nitrogens with zero attached hydrogens (tertiary/aromatic N) is 15. The van der Waals surface area contributed by atoms with Gasteiger partial charge in [-0.15, -0.1) is 34.0 Å². The van der Waals surface area contributed by atoms with Gasteiger partial charge in [-0.1, -0.05) is 297 Å². The van der Waals surface area contributed by atoms with Gasteiger partial charge >= 0.3 is 0 Å². The molecule has 0 atom stereocenters. The van der Waals surface area contributed by atoms with Crippen LogP contribution in [0, 0.1) is 34.0 Å². The largest absolute Gasteiger partial charge is 0.309 e. The Morgan fingerprint density at radius 1 is 0.181 bits per heavy atom. The highest BCUT2D eigenvalue weighted by atomic mass is 32.1. The number of benzene rings is 18. The fourth-order valence-electron chi connectivity index (χ4n) is 19.2. The fourth-order valence-corrected chi connectivity index (χ4v) is 22.7. The molecule has 0 fully saturated rings. The second-order valence-electron chi connectivity index (χ2n) is 33.5. The van der Waals surface area contributed by atoms with Crippen LogP contribution in [0.15, 0.2) is 419 Å². The first kappa shape index (κ1) is 81.5. The molecule has 18 heteroatoms. The molecule has 9 aromatic heterocycles. The molecule has 15 nitrogen and oxygen atoms in total. The van der Waals surface area contributed by atoms with Gasteiger partial charge in [-0.25, -0.2) is 44.9 Å². The highest BCUT2D eigenvalue weighted by molar-refractivity contribution is 7.27. The van der Waals surface area contributed by atoms with Crippen molar-refractivity contribution >= 4 is 160 Å². The molecule has 9 heterocycles. The number of nitriles is 3. The van der Waals surface area contributed by atoms with E-state index in [9.17, 15) is 15.8 Å². The summed E-state index contributed by atoms with van der Waals surface area (Å²) in [6.07, 6.45) is 0. The van der Waals surface area contributed by atoms with E-state index in [-0.39, 0.29) is 0 Å². The zero-order valence-electron chi connectivity index (χ0n) is 73.3. The summed E-state index contributed by atoms with van der Waals surface area (Å²) in [6.45, 7) is 0. The van der Waals surface area contributed by atoms with Crippen LogP contribution in [0.4, 0.5) is 0 Å². The van der Waals surface area contributed by atoms with Crippen LogP contribution in [0.1, 0.15) is 16.7 Å². The van der Waals surface area contributed by atoms with Crippen LogP contribution < -0.4 is 0 Å². The first-order valence-corrected chi connectivity index (χ1v) is 47.5. The third-order valence-electron chi connectivity index (χ3n) is 25.5. The van der Waals surface area contributed by atoms with Gasteiger partial charge in [0.25, 0.3) is 0 Å². The number of aromatic nitrogens is 12. The molecule has 0 saturated carbocycles. The summed E-state index contributed by atoms with van der Waals surface area (Å²) in [6, 6.07) is 149. The van der Waals surface area contributed by atoms with Crippen LogP contribution >= 0.6 is 34.0 Å². The molecular weight excluding hydrogens is 1750 g/mol. The van der Waals surface area contributed by atoms with Gasteiger partial charge < -0.3 is 13.7 Å². The molecule has 0 saturated heterocycles. The molecule has 0 aliphatic rings. The van der Waals surface area contributed by atoms with Crippen LogP contribution in [-0.2, 0) is 0 Å². The lowest BCUT2D eigenvalue weighted by molar-refractivity contribution is 1.07. The Balaban J connectivity index is 0.000000110. The van der Waals surface area contributed by atoms with Gasteiger partial charge in [0.2, 0.25) is 0 Å². The molecule has 0 bridgehead atoms. The van der Waals surface area contributed by atoms with Crippen molar-refractivity contribution in [3.63, 3.8) is 0 Å². The molecule has 0 unspecified atom stereocenters. The van der Waals surface area contributed by atoms with E-state index < -0.39 is 0 Å². The molecule has 27 rings (SSSR count). The Labute approximate surface area is 801 Å². The minimum atomic E-state index is 0.462. The van der Waals surface area contributed by atoms with Gasteiger partial charge in [0.15, 0.2) is 52.4 Å². The molecule has 138 heavy (non-hydrogen) atoms. The van der Waals surface area contributed by atoms with Gasteiger partial charge in [-0.3, -0.25) is 0 Å². The summed E-state index contributed by atoms with van der Waals surface area (Å²) in [7, 11) is 0. The van der Waals surface area contributed by atoms with Crippen molar-refractivity contribution in [2.45, 2.75) is 0 Å². The monoisotopic (exact) mass is 1820 g/mol. The Morgan fingerprint density at radius 3 is 0.899 bits per heavy atom. The number of rotatable bonds is 12. The van der Waals surface area contributed by atoms with E-state index in [1.165, 1.54) is 92.8 Å². The van der Waals surface area contributed by atoms with Crippen molar-refractivity contribution in [2.24, 2.45) is 0 Å². The molecule has 18 aromatic carbocycles. The zero-order chi connectivity index (χ0) is 91.8. The molecule has 0 aliphatic carbocycles. The third-order valence-corrected chi connectivity index (χ3v) is 29.0. The van der Waals surface area contributed by atoms with Gasteiger partial charge in [-0.05, 0) is 121 Å². The number of thiophene rings is 3. The molecule has 0 aliphatic heterocycles. The molecular formula is C120H69N15S3. The maximum absolute atomic E-state index is 10.5. The number of hydrogen-bond acceptors (Lipinski definition) is 15. The summed E-state index contributed by atoms with van der Waals surface area (Å²) in [5, 5.41) is 46.3. The van der Waals surface area contributed by atoms with E-state index in [0.29, 0.717) is 85.8 Å². The second kappa shape index (κ2) is 34.3. The van der Waals surface area contributed by atoms with Crippen LogP contribution in [0.3, 0.4) is 0 Å². The van der Waals surface area contributed by atoms with E-state index in [4.69, 9.17) is 44.9 Å². The highest BCUT2D eigenvalue weighted by Gasteiger charge is 2.26. The van der Waals surface area contributed by atoms with E-state index in [2.05, 4.69) is 232 Å². The standard InChI is InChI=1S/3C40H23N5S/c41-24-27-23-28(19-20-29(27)40-43-38(25-11-3-1-4-12-25)42-39(44-40)26-13-5-2-6-14-26)45-33-17-9-7-16-32(33)36-34(45)22-21-31-30-15-8-10-18-35(30)46-37(31)36;41-24-27-21-28(19-20-29(27)40-43-38(25-11-3-1-4-12-25)42-39(44-40)26-13-5-2-6-14-26)45-34-17-9-7-15-30(34)32-23-37-33(22-35(32)45)31-16-8-10-18-36(31)46-37;41-24-27-23-28(19-20-29(27)40-43-38(25-11-3-1-4-12-25)42-39(44-40)26-13-5-2-6-14-26)45-32-17-9-7-15-30(32)36-33(45)21-22-35-37(36)31-16-8-10-18-34(31)46-35/h3*1-23H. The predicted molar refractivity (Wildman–Crippen MR) is 564 cm³/mol. The number of para-hydroxylation sites is 3. The maximum Gasteiger partial charge on any atom is 0.165 e. The number of fused-ring (bicyclic) bond motifs is 20. The Morgan fingerprint density at radius 2 is 0.486 bits per heavy atom. The van der Waals surface area contributed by atoms with Crippen LogP contribution in [0.25, 0.3) is 245 Å². The molecule has 0 N–H and O–H groups in total. The van der Waals surface area contributed by atoms with Crippen molar-refractivity contribution < 1.29 is 0 Å². The summed E-state index contributed by atoms with van der Waals surface area (Å²) in [5.41, 5.74) is 18.1. The van der Waals surface area contributed by atoms with Crippen molar-refractivity contribution in [1.29, 1.82) is 15.8 Å². The second-order valence-corrected chi connectivity index (χ2v) is 36.7. The lowest BCUT2D eigenvalue weighted by atomic mass is 10.1. The molecule has 27 aromatic rings. The Hall–Kier alpha value is -18.5. The van der Waals surface area contributed by atoms with Gasteiger partial charge in [0.05, 0.1) is 68.0 Å². The van der Waals surface area contributed by atoms with Crippen molar-refractivity contribution in [1.82, 2.24) is 58.6 Å². The summed E-state index contributed by atoms with van der Waals surface area (Å²) >= 11 is 5.48. The third kappa shape index (κ3) is 14.3. The zero-order valence-corrected chi connectivity index (χ0v) is 75.7. The fraction of sp³-hybridized carbons (Fsp3) is 0. The normalized spacial score (nSPS) is 11.5. The quantitative estimate of drug-likeness (QED) is 0.112. The first-order chi connectivity index (χ1) is 68.3. The van der Waals surface area contributed by atoms with E-state index in [0.717, 1.165) is 83.5 Å². The lowest BCUT2D eigenvalue weighted by Crippen LogP contribution is -2.02. The average Bonchev–Trinajstić information content (AvgIpc) is 1.56. The minimum Gasteiger partial charge on any atom is -0.309 e. The van der Waals surface area contributed by atoms with Gasteiger partial charge in [0, 0.05) is 160 Å². The molecule has 642 valence electrons. The lowest BCUT2D eigenvalue weighted by Gasteiger charge is -2.12. The highest BCUT2D eigenvalue weighted by Crippen LogP contribution is 2.48. The number of hydrogen-bond donors (Lipinski definition) is 0. The summed E-state index contributed by atoms with van der Waals surface area (Å²) < 4.78 is 14.4. The topological polar surface area (TPSA) is 202 Å². The van der Waals surface area contributed by atoms with Crippen LogP contribution in [0.5, 0.6) is 0 Å².